The van der Waals surface area contributed by atoms with Crippen molar-refractivity contribution in [2.75, 3.05) is 19.8 Å². The Labute approximate surface area is 161 Å². The zero-order valence-corrected chi connectivity index (χ0v) is 15.4. The van der Waals surface area contributed by atoms with E-state index in [4.69, 9.17) is 14.6 Å². The van der Waals surface area contributed by atoms with Crippen LogP contribution in [-0.2, 0) is 11.2 Å². The van der Waals surface area contributed by atoms with E-state index in [1.165, 1.54) is 12.1 Å². The molecule has 1 aromatic heterocycles. The van der Waals surface area contributed by atoms with Gasteiger partial charge in [0, 0.05) is 18.5 Å². The van der Waals surface area contributed by atoms with E-state index in [9.17, 15) is 9.59 Å². The van der Waals surface area contributed by atoms with Crippen LogP contribution in [0.5, 0.6) is 11.5 Å². The highest BCUT2D eigenvalue weighted by atomic mass is 16.5. The average molecular weight is 383 g/mol. The van der Waals surface area contributed by atoms with Crippen LogP contribution >= 0.6 is 0 Å². The van der Waals surface area contributed by atoms with Gasteiger partial charge in [-0.2, -0.15) is 0 Å². The molecule has 0 bridgehead atoms. The molecule has 0 saturated heterocycles. The maximum absolute atomic E-state index is 12.4. The number of ether oxygens (including phenoxy) is 2. The van der Waals surface area contributed by atoms with Crippen LogP contribution in [0.4, 0.5) is 0 Å². The molecule has 3 rings (SSSR count). The van der Waals surface area contributed by atoms with Crippen LogP contribution in [0.3, 0.4) is 0 Å². The quantitative estimate of drug-likeness (QED) is 0.523. The first-order valence-corrected chi connectivity index (χ1v) is 8.90. The number of carboxylic acid groups (broad SMARTS) is 1. The van der Waals surface area contributed by atoms with Crippen LogP contribution in [0.15, 0.2) is 42.5 Å². The summed E-state index contributed by atoms with van der Waals surface area (Å²) in [6, 6.07) is 12.4. The van der Waals surface area contributed by atoms with E-state index < -0.39 is 12.6 Å². The van der Waals surface area contributed by atoms with Crippen LogP contribution in [-0.4, -0.2) is 46.7 Å². The number of nitrogens with one attached hydrogen (secondary N) is 2. The number of hydrogen-bond donors (Lipinski definition) is 3. The summed E-state index contributed by atoms with van der Waals surface area (Å²) in [4.78, 5) is 30.8. The lowest BCUT2D eigenvalue weighted by molar-refractivity contribution is -0.139. The number of amides is 1. The summed E-state index contributed by atoms with van der Waals surface area (Å²) in [7, 11) is 0. The first-order chi connectivity index (χ1) is 13.6. The molecule has 28 heavy (non-hydrogen) atoms. The third-order valence-electron chi connectivity index (χ3n) is 3.94. The van der Waals surface area contributed by atoms with Crippen molar-refractivity contribution in [3.05, 3.63) is 53.9 Å². The molecule has 2 aromatic carbocycles. The number of rotatable bonds is 9. The minimum Gasteiger partial charge on any atom is -0.490 e. The van der Waals surface area contributed by atoms with Gasteiger partial charge in [-0.15, -0.1) is 0 Å². The van der Waals surface area contributed by atoms with Crippen molar-refractivity contribution in [3.8, 4) is 11.5 Å². The zero-order chi connectivity index (χ0) is 19.9. The van der Waals surface area contributed by atoms with Gasteiger partial charge in [0.05, 0.1) is 17.6 Å². The molecule has 3 aromatic rings. The number of carboxylic acids is 1. The second-order valence-electron chi connectivity index (χ2n) is 5.98. The van der Waals surface area contributed by atoms with Crippen LogP contribution in [0, 0.1) is 0 Å². The topological polar surface area (TPSA) is 114 Å². The maximum Gasteiger partial charge on any atom is 0.341 e. The third-order valence-corrected chi connectivity index (χ3v) is 3.94. The molecule has 0 radical (unpaired) electrons. The largest absolute Gasteiger partial charge is 0.490 e. The summed E-state index contributed by atoms with van der Waals surface area (Å²) in [5, 5.41) is 11.6. The zero-order valence-electron chi connectivity index (χ0n) is 15.4. The molecule has 0 spiro atoms. The van der Waals surface area contributed by atoms with E-state index in [0.29, 0.717) is 30.9 Å². The second kappa shape index (κ2) is 8.90. The number of aliphatic carboxylic acids is 1. The van der Waals surface area contributed by atoms with Gasteiger partial charge in [0.1, 0.15) is 5.82 Å². The molecule has 3 N–H and O–H groups in total. The average Bonchev–Trinajstić information content (AvgIpc) is 3.09. The summed E-state index contributed by atoms with van der Waals surface area (Å²) in [5.41, 5.74) is 2.25. The van der Waals surface area contributed by atoms with E-state index in [-0.39, 0.29) is 11.7 Å². The third kappa shape index (κ3) is 4.79. The molecule has 0 unspecified atom stereocenters. The predicted octanol–water partition coefficient (Wildman–Crippen LogP) is 2.40. The number of para-hydroxylation sites is 2. The number of fused-ring (bicyclic) bond motifs is 1. The summed E-state index contributed by atoms with van der Waals surface area (Å²) >= 11 is 0. The molecule has 146 valence electrons. The first kappa shape index (κ1) is 19.2. The minimum absolute atomic E-state index is 0.262. The summed E-state index contributed by atoms with van der Waals surface area (Å²) in [5.74, 6) is 0.0578. The van der Waals surface area contributed by atoms with Gasteiger partial charge in [-0.25, -0.2) is 9.78 Å². The number of H-pyrrole nitrogens is 1. The molecule has 0 aliphatic rings. The first-order valence-electron chi connectivity index (χ1n) is 8.90. The van der Waals surface area contributed by atoms with Gasteiger partial charge in [-0.1, -0.05) is 12.1 Å². The monoisotopic (exact) mass is 383 g/mol. The molecule has 8 nitrogen and oxygen atoms in total. The van der Waals surface area contributed by atoms with Crippen molar-refractivity contribution in [3.63, 3.8) is 0 Å². The number of aromatic nitrogens is 2. The van der Waals surface area contributed by atoms with Crippen LogP contribution in [0.1, 0.15) is 23.1 Å². The number of carbonyl (C=O) groups is 2. The van der Waals surface area contributed by atoms with Crippen molar-refractivity contribution in [1.82, 2.24) is 15.3 Å². The smallest absolute Gasteiger partial charge is 0.341 e. The predicted molar refractivity (Wildman–Crippen MR) is 103 cm³/mol. The van der Waals surface area contributed by atoms with Gasteiger partial charge in [-0.3, -0.25) is 4.79 Å². The number of nitrogens with zero attached hydrogens (tertiary/aromatic N) is 1. The molecule has 0 atom stereocenters. The van der Waals surface area contributed by atoms with E-state index in [2.05, 4.69) is 15.3 Å². The maximum atomic E-state index is 12.4. The Kier molecular flexibility index (Phi) is 6.11. The Hall–Kier alpha value is -3.55. The summed E-state index contributed by atoms with van der Waals surface area (Å²) in [6.07, 6.45) is 0.568. The summed E-state index contributed by atoms with van der Waals surface area (Å²) in [6.45, 7) is 2.09. The van der Waals surface area contributed by atoms with Gasteiger partial charge >= 0.3 is 5.97 Å². The van der Waals surface area contributed by atoms with Gasteiger partial charge in [-0.05, 0) is 37.3 Å². The van der Waals surface area contributed by atoms with Crippen molar-refractivity contribution >= 4 is 22.9 Å². The molecule has 0 aliphatic heterocycles. The SMILES string of the molecule is CCOc1cc(C(=O)NCCc2nc3ccccc3[nH]2)ccc1OCC(=O)O. The fourth-order valence-corrected chi connectivity index (χ4v) is 2.70. The van der Waals surface area contributed by atoms with E-state index in [1.54, 1.807) is 13.0 Å². The molecule has 0 aliphatic carbocycles. The van der Waals surface area contributed by atoms with Gasteiger partial charge < -0.3 is 24.9 Å². The lowest BCUT2D eigenvalue weighted by Gasteiger charge is -2.12. The number of imidazole rings is 1. The summed E-state index contributed by atoms with van der Waals surface area (Å²) < 4.78 is 10.6. The molecule has 0 fully saturated rings. The van der Waals surface area contributed by atoms with Crippen molar-refractivity contribution in [1.29, 1.82) is 0 Å². The number of aromatic amines is 1. The highest BCUT2D eigenvalue weighted by Crippen LogP contribution is 2.28. The normalized spacial score (nSPS) is 10.6. The highest BCUT2D eigenvalue weighted by molar-refractivity contribution is 5.94. The number of benzene rings is 2. The van der Waals surface area contributed by atoms with Crippen molar-refractivity contribution < 1.29 is 24.2 Å². The highest BCUT2D eigenvalue weighted by Gasteiger charge is 2.13. The van der Waals surface area contributed by atoms with Gasteiger partial charge in [0.2, 0.25) is 0 Å². The molecular formula is C20H21N3O5. The van der Waals surface area contributed by atoms with Crippen molar-refractivity contribution in [2.24, 2.45) is 0 Å². The minimum atomic E-state index is -1.09. The Morgan fingerprint density at radius 2 is 1.96 bits per heavy atom. The van der Waals surface area contributed by atoms with E-state index in [0.717, 1.165) is 16.9 Å². The Morgan fingerprint density at radius 3 is 2.71 bits per heavy atom. The second-order valence-corrected chi connectivity index (χ2v) is 5.98. The molecule has 1 amide bonds. The standard InChI is InChI=1S/C20H21N3O5/c1-2-27-17-11-13(7-8-16(17)28-12-19(24)25)20(26)21-10-9-18-22-14-5-3-4-6-15(14)23-18/h3-8,11H,2,9-10,12H2,1H3,(H,21,26)(H,22,23)(H,24,25). The van der Waals surface area contributed by atoms with E-state index in [1.807, 2.05) is 24.3 Å². The van der Waals surface area contributed by atoms with Crippen LogP contribution < -0.4 is 14.8 Å². The Balaban J connectivity index is 1.61. The molecular weight excluding hydrogens is 362 g/mol. The van der Waals surface area contributed by atoms with Crippen LogP contribution in [0.25, 0.3) is 11.0 Å². The van der Waals surface area contributed by atoms with Crippen molar-refractivity contribution in [2.45, 2.75) is 13.3 Å². The fourth-order valence-electron chi connectivity index (χ4n) is 2.70. The lowest BCUT2D eigenvalue weighted by Crippen LogP contribution is -2.26. The Morgan fingerprint density at radius 1 is 1.14 bits per heavy atom. The van der Waals surface area contributed by atoms with Crippen LogP contribution in [0.2, 0.25) is 0 Å². The Bertz CT molecular complexity index is 950. The molecule has 0 saturated carbocycles. The number of carbonyl (C=O) groups excluding carboxylic acids is 1. The fraction of sp³-hybridized carbons (Fsp3) is 0.250. The number of hydrogen-bond acceptors (Lipinski definition) is 5. The van der Waals surface area contributed by atoms with E-state index >= 15 is 0 Å². The lowest BCUT2D eigenvalue weighted by atomic mass is 10.2. The molecule has 8 heteroatoms. The molecule has 1 heterocycles. The van der Waals surface area contributed by atoms with Gasteiger partial charge in [0.25, 0.3) is 5.91 Å². The van der Waals surface area contributed by atoms with Gasteiger partial charge in [0.15, 0.2) is 18.1 Å².